The van der Waals surface area contributed by atoms with E-state index in [4.69, 9.17) is 10.8 Å². The summed E-state index contributed by atoms with van der Waals surface area (Å²) in [6.07, 6.45) is 0.400. The van der Waals surface area contributed by atoms with Gasteiger partial charge in [-0.3, -0.25) is 14.6 Å². The molecule has 2 aromatic heterocycles. The van der Waals surface area contributed by atoms with E-state index in [1.54, 1.807) is 0 Å². The van der Waals surface area contributed by atoms with Gasteiger partial charge in [0.1, 0.15) is 6.54 Å². The van der Waals surface area contributed by atoms with Crippen LogP contribution < -0.4 is 16.6 Å². The molecule has 2 heterocycles. The molecule has 0 aliphatic rings. The van der Waals surface area contributed by atoms with E-state index in [0.717, 1.165) is 0 Å². The van der Waals surface area contributed by atoms with Gasteiger partial charge in [-0.05, 0) is 6.92 Å². The van der Waals surface area contributed by atoms with Gasteiger partial charge in [0.15, 0.2) is 11.2 Å². The summed E-state index contributed by atoms with van der Waals surface area (Å²) >= 11 is 0. The number of nitrogen functional groups attached to an aromatic ring is 1. The first-order valence-corrected chi connectivity index (χ1v) is 6.21. The molecular weight excluding hydrogens is 280 g/mol. The highest BCUT2D eigenvalue weighted by atomic mass is 16.3. The van der Waals surface area contributed by atoms with E-state index in [0.29, 0.717) is 0 Å². The molecule has 0 spiro atoms. The number of carbonyl (C=O) groups is 1. The maximum Gasteiger partial charge on any atom is 0.280 e. The average Bonchev–Trinajstić information content (AvgIpc) is 2.79. The number of rotatable bonds is 5. The van der Waals surface area contributed by atoms with Crippen LogP contribution in [0.25, 0.3) is 11.2 Å². The van der Waals surface area contributed by atoms with Gasteiger partial charge in [0.2, 0.25) is 11.9 Å². The third-order valence-corrected chi connectivity index (χ3v) is 2.93. The number of anilines is 1. The Balaban J connectivity index is 2.20. The van der Waals surface area contributed by atoms with Crippen LogP contribution in [0.15, 0.2) is 11.1 Å². The summed E-state index contributed by atoms with van der Waals surface area (Å²) in [6, 6.07) is -0.770. The fourth-order valence-electron chi connectivity index (χ4n) is 1.81. The maximum absolute atomic E-state index is 11.9. The van der Waals surface area contributed by atoms with Gasteiger partial charge in [0.05, 0.1) is 25.1 Å². The number of fused-ring (bicyclic) bond motifs is 1. The Morgan fingerprint density at radius 1 is 1.62 bits per heavy atom. The van der Waals surface area contributed by atoms with Gasteiger partial charge < -0.3 is 25.8 Å². The van der Waals surface area contributed by atoms with Crippen LogP contribution in [0.3, 0.4) is 0 Å². The lowest BCUT2D eigenvalue weighted by atomic mass is 10.2. The number of H-pyrrole nitrogens is 1. The Bertz CT molecular complexity index is 706. The smallest absolute Gasteiger partial charge is 0.280 e. The van der Waals surface area contributed by atoms with E-state index in [9.17, 15) is 14.7 Å². The molecule has 21 heavy (non-hydrogen) atoms. The predicted molar refractivity (Wildman–Crippen MR) is 73.3 cm³/mol. The molecule has 0 aliphatic carbocycles. The molecule has 0 saturated carbocycles. The summed E-state index contributed by atoms with van der Waals surface area (Å²) in [6.45, 7) is 0.893. The van der Waals surface area contributed by atoms with Gasteiger partial charge in [-0.1, -0.05) is 0 Å². The Morgan fingerprint density at radius 3 is 2.95 bits per heavy atom. The summed E-state index contributed by atoms with van der Waals surface area (Å²) < 4.78 is 1.35. The third-order valence-electron chi connectivity index (χ3n) is 2.93. The summed E-state index contributed by atoms with van der Waals surface area (Å²) in [4.78, 5) is 33.6. The van der Waals surface area contributed by atoms with E-state index in [1.807, 2.05) is 0 Å². The van der Waals surface area contributed by atoms with Crippen molar-refractivity contribution in [2.75, 3.05) is 12.3 Å². The number of aromatic amines is 1. The molecule has 0 fully saturated rings. The van der Waals surface area contributed by atoms with Crippen molar-refractivity contribution in [2.24, 2.45) is 0 Å². The molecule has 10 nitrogen and oxygen atoms in total. The minimum atomic E-state index is -0.893. The van der Waals surface area contributed by atoms with Crippen molar-refractivity contribution in [3.05, 3.63) is 16.7 Å². The molecular formula is C11H16N6O4. The quantitative estimate of drug-likeness (QED) is 0.409. The lowest BCUT2D eigenvalue weighted by Gasteiger charge is -2.19. The summed E-state index contributed by atoms with van der Waals surface area (Å²) in [7, 11) is 0. The number of hydrogen-bond donors (Lipinski definition) is 5. The Hall–Kier alpha value is -2.46. The van der Waals surface area contributed by atoms with Crippen LogP contribution in [0.1, 0.15) is 6.92 Å². The first-order chi connectivity index (χ1) is 9.92. The summed E-state index contributed by atoms with van der Waals surface area (Å²) in [5, 5.41) is 20.9. The minimum absolute atomic E-state index is 0.0752. The lowest BCUT2D eigenvalue weighted by Crippen LogP contribution is -2.45. The average molecular weight is 296 g/mol. The second-order valence-corrected chi connectivity index (χ2v) is 4.59. The first kappa shape index (κ1) is 14.9. The van der Waals surface area contributed by atoms with Crippen LogP contribution in [0, 0.1) is 0 Å². The Labute approximate surface area is 118 Å². The molecule has 0 aromatic carbocycles. The monoisotopic (exact) mass is 296 g/mol. The van der Waals surface area contributed by atoms with E-state index >= 15 is 0 Å². The minimum Gasteiger partial charge on any atom is -0.394 e. The number of nitrogens with zero attached hydrogens (tertiary/aromatic N) is 3. The SMILES string of the molecule is C[C@@H](O)[C@@H](CO)NC(=O)Cn1cnc2c(=O)[nH]c(N)nc21. The fraction of sp³-hybridized carbons (Fsp3) is 0.455. The summed E-state index contributed by atoms with van der Waals surface area (Å²) in [5.41, 5.74) is 5.22. The second kappa shape index (κ2) is 5.89. The van der Waals surface area contributed by atoms with Gasteiger partial charge in [-0.15, -0.1) is 0 Å². The van der Waals surface area contributed by atoms with Crippen molar-refractivity contribution in [1.29, 1.82) is 0 Å². The summed E-state index contributed by atoms with van der Waals surface area (Å²) in [5.74, 6) is -0.540. The molecule has 0 radical (unpaired) electrons. The van der Waals surface area contributed by atoms with Crippen LogP contribution in [0.4, 0.5) is 5.95 Å². The zero-order valence-electron chi connectivity index (χ0n) is 11.3. The van der Waals surface area contributed by atoms with E-state index < -0.39 is 23.6 Å². The number of hydrogen-bond acceptors (Lipinski definition) is 7. The second-order valence-electron chi connectivity index (χ2n) is 4.59. The fourth-order valence-corrected chi connectivity index (χ4v) is 1.81. The van der Waals surface area contributed by atoms with Gasteiger partial charge >= 0.3 is 0 Å². The van der Waals surface area contributed by atoms with E-state index in [-0.39, 0.29) is 30.3 Å². The van der Waals surface area contributed by atoms with Crippen LogP contribution in [-0.2, 0) is 11.3 Å². The topological polar surface area (TPSA) is 159 Å². The number of carbonyl (C=O) groups excluding carboxylic acids is 1. The number of nitrogens with two attached hydrogens (primary N) is 1. The third kappa shape index (κ3) is 3.17. The normalized spacial score (nSPS) is 14.0. The molecule has 0 bridgehead atoms. The van der Waals surface area contributed by atoms with Crippen molar-refractivity contribution in [2.45, 2.75) is 25.6 Å². The number of imidazole rings is 1. The van der Waals surface area contributed by atoms with Gasteiger partial charge in [-0.2, -0.15) is 4.98 Å². The van der Waals surface area contributed by atoms with Crippen molar-refractivity contribution in [1.82, 2.24) is 24.8 Å². The van der Waals surface area contributed by atoms with Gasteiger partial charge in [0.25, 0.3) is 5.56 Å². The van der Waals surface area contributed by atoms with Crippen molar-refractivity contribution in [3.8, 4) is 0 Å². The number of aromatic nitrogens is 4. The molecule has 2 rings (SSSR count). The first-order valence-electron chi connectivity index (χ1n) is 6.21. The zero-order chi connectivity index (χ0) is 15.6. The molecule has 6 N–H and O–H groups in total. The van der Waals surface area contributed by atoms with Crippen LogP contribution in [0.5, 0.6) is 0 Å². The molecule has 2 aromatic rings. The van der Waals surface area contributed by atoms with Crippen LogP contribution >= 0.6 is 0 Å². The van der Waals surface area contributed by atoms with E-state index in [2.05, 4.69) is 20.3 Å². The van der Waals surface area contributed by atoms with Gasteiger partial charge in [-0.25, -0.2) is 4.98 Å². The largest absolute Gasteiger partial charge is 0.394 e. The zero-order valence-corrected chi connectivity index (χ0v) is 11.3. The van der Waals surface area contributed by atoms with Crippen molar-refractivity contribution in [3.63, 3.8) is 0 Å². The van der Waals surface area contributed by atoms with Crippen LogP contribution in [-0.4, -0.2) is 54.4 Å². The van der Waals surface area contributed by atoms with Gasteiger partial charge in [0, 0.05) is 0 Å². The molecule has 1 amide bonds. The highest BCUT2D eigenvalue weighted by Crippen LogP contribution is 2.06. The Kier molecular flexibility index (Phi) is 4.19. The predicted octanol–water partition coefficient (Wildman–Crippen LogP) is -2.44. The standard InChI is InChI=1S/C11H16N6O4/c1-5(19)6(3-18)14-7(20)2-17-4-13-8-9(17)15-11(12)16-10(8)21/h4-6,18-19H,2-3H2,1H3,(H,14,20)(H3,12,15,16,21)/t5-,6-/m1/s1. The molecule has 114 valence electrons. The molecule has 10 heteroatoms. The van der Waals surface area contributed by atoms with E-state index in [1.165, 1.54) is 17.8 Å². The highest BCUT2D eigenvalue weighted by Gasteiger charge is 2.18. The highest BCUT2D eigenvalue weighted by molar-refractivity contribution is 5.79. The number of aliphatic hydroxyl groups is 2. The number of amides is 1. The van der Waals surface area contributed by atoms with Crippen molar-refractivity contribution >= 4 is 23.0 Å². The lowest BCUT2D eigenvalue weighted by molar-refractivity contribution is -0.123. The molecule has 0 aliphatic heterocycles. The molecule has 0 unspecified atom stereocenters. The van der Waals surface area contributed by atoms with Crippen LogP contribution in [0.2, 0.25) is 0 Å². The molecule has 2 atom stereocenters. The number of nitrogens with one attached hydrogen (secondary N) is 2. The molecule has 0 saturated heterocycles. The Morgan fingerprint density at radius 2 is 2.33 bits per heavy atom. The maximum atomic E-state index is 11.9. The van der Waals surface area contributed by atoms with Crippen molar-refractivity contribution < 1.29 is 15.0 Å². The number of aliphatic hydroxyl groups excluding tert-OH is 2.